The van der Waals surface area contributed by atoms with Gasteiger partial charge in [0, 0.05) is 18.6 Å². The number of carbonyl (C=O) groups is 1. The van der Waals surface area contributed by atoms with Gasteiger partial charge in [-0.2, -0.15) is 0 Å². The molecule has 4 N–H and O–H groups in total. The third kappa shape index (κ3) is 4.28. The van der Waals surface area contributed by atoms with Gasteiger partial charge in [0.25, 0.3) is 0 Å². The molecule has 0 radical (unpaired) electrons. The topological polar surface area (TPSA) is 72.3 Å². The summed E-state index contributed by atoms with van der Waals surface area (Å²) in [6.07, 6.45) is 3.30. The average Bonchev–Trinajstić information content (AvgIpc) is 2.95. The van der Waals surface area contributed by atoms with Crippen molar-refractivity contribution in [3.05, 3.63) is 0 Å². The van der Waals surface area contributed by atoms with Crippen LogP contribution in [0.2, 0.25) is 0 Å². The molecule has 1 fully saturated rings. The SMILES string of the molecule is CC(C)N(CC1CC1)C(C)CC(C)(N)C(N)=O. The zero-order valence-corrected chi connectivity index (χ0v) is 11.6. The highest BCUT2D eigenvalue weighted by Gasteiger charge is 2.33. The first-order valence-corrected chi connectivity index (χ1v) is 6.58. The van der Waals surface area contributed by atoms with E-state index in [1.54, 1.807) is 6.92 Å². The Kier molecular flexibility index (Phi) is 4.55. The fourth-order valence-corrected chi connectivity index (χ4v) is 2.33. The predicted molar refractivity (Wildman–Crippen MR) is 70.4 cm³/mol. The van der Waals surface area contributed by atoms with Crippen LogP contribution in [0.1, 0.15) is 47.0 Å². The Morgan fingerprint density at radius 1 is 1.41 bits per heavy atom. The summed E-state index contributed by atoms with van der Waals surface area (Å²) in [5.41, 5.74) is 10.4. The molecule has 1 saturated carbocycles. The van der Waals surface area contributed by atoms with Gasteiger partial charge in [-0.25, -0.2) is 0 Å². The number of amides is 1. The molecular formula is C13H27N3O. The number of primary amides is 1. The number of hydrogen-bond acceptors (Lipinski definition) is 3. The van der Waals surface area contributed by atoms with E-state index in [2.05, 4.69) is 25.7 Å². The minimum Gasteiger partial charge on any atom is -0.368 e. The van der Waals surface area contributed by atoms with E-state index in [1.807, 2.05) is 0 Å². The lowest BCUT2D eigenvalue weighted by molar-refractivity contribution is -0.123. The molecule has 0 spiro atoms. The molecule has 1 amide bonds. The number of hydrogen-bond donors (Lipinski definition) is 2. The number of nitrogens with zero attached hydrogens (tertiary/aromatic N) is 1. The second-order valence-electron chi connectivity index (χ2n) is 6.07. The Hall–Kier alpha value is -0.610. The molecule has 4 nitrogen and oxygen atoms in total. The van der Waals surface area contributed by atoms with Crippen molar-refractivity contribution in [1.82, 2.24) is 4.90 Å². The van der Waals surface area contributed by atoms with E-state index in [4.69, 9.17) is 11.5 Å². The summed E-state index contributed by atoms with van der Waals surface area (Å²) in [6.45, 7) is 9.36. The molecule has 0 aromatic heterocycles. The summed E-state index contributed by atoms with van der Waals surface area (Å²) in [6, 6.07) is 0.771. The molecule has 1 aliphatic carbocycles. The molecule has 0 aromatic carbocycles. The zero-order valence-electron chi connectivity index (χ0n) is 11.6. The van der Waals surface area contributed by atoms with E-state index in [9.17, 15) is 4.79 Å². The van der Waals surface area contributed by atoms with Gasteiger partial charge in [0.05, 0.1) is 5.54 Å². The summed E-state index contributed by atoms with van der Waals surface area (Å²) >= 11 is 0. The monoisotopic (exact) mass is 241 g/mol. The molecule has 2 atom stereocenters. The van der Waals surface area contributed by atoms with Crippen LogP contribution in [-0.2, 0) is 4.79 Å². The lowest BCUT2D eigenvalue weighted by Gasteiger charge is -2.36. The van der Waals surface area contributed by atoms with Crippen LogP contribution in [-0.4, -0.2) is 35.0 Å². The van der Waals surface area contributed by atoms with Gasteiger partial charge < -0.3 is 11.5 Å². The van der Waals surface area contributed by atoms with Crippen LogP contribution in [0.3, 0.4) is 0 Å². The van der Waals surface area contributed by atoms with Crippen LogP contribution in [0, 0.1) is 5.92 Å². The predicted octanol–water partition coefficient (Wildman–Crippen LogP) is 1.09. The summed E-state index contributed by atoms with van der Waals surface area (Å²) in [7, 11) is 0. The van der Waals surface area contributed by atoms with Crippen molar-refractivity contribution < 1.29 is 4.79 Å². The van der Waals surface area contributed by atoms with E-state index in [0.717, 1.165) is 12.5 Å². The Morgan fingerprint density at radius 2 is 1.94 bits per heavy atom. The quantitative estimate of drug-likeness (QED) is 0.701. The molecule has 0 heterocycles. The highest BCUT2D eigenvalue weighted by atomic mass is 16.1. The molecule has 0 bridgehead atoms. The minimum atomic E-state index is -0.907. The zero-order chi connectivity index (χ0) is 13.2. The third-order valence-corrected chi connectivity index (χ3v) is 3.68. The lowest BCUT2D eigenvalue weighted by atomic mass is 9.92. The first-order chi connectivity index (χ1) is 7.74. The Bertz CT molecular complexity index is 272. The average molecular weight is 241 g/mol. The molecule has 0 aromatic rings. The highest BCUT2D eigenvalue weighted by Crippen LogP contribution is 2.31. The fourth-order valence-electron chi connectivity index (χ4n) is 2.33. The summed E-state index contributed by atoms with van der Waals surface area (Å²) in [5, 5.41) is 0. The maximum atomic E-state index is 11.3. The van der Waals surface area contributed by atoms with Gasteiger partial charge in [-0.15, -0.1) is 0 Å². The van der Waals surface area contributed by atoms with Gasteiger partial charge in [0.2, 0.25) is 5.91 Å². The van der Waals surface area contributed by atoms with Gasteiger partial charge in [-0.05, 0) is 52.9 Å². The first-order valence-electron chi connectivity index (χ1n) is 6.58. The lowest BCUT2D eigenvalue weighted by Crippen LogP contribution is -2.54. The summed E-state index contributed by atoms with van der Waals surface area (Å²) in [4.78, 5) is 13.7. The Balaban J connectivity index is 2.57. The number of rotatable bonds is 7. The standard InChI is InChI=1S/C13H27N3O/c1-9(2)16(8-11-5-6-11)10(3)7-13(4,15)12(14)17/h9-11H,5-8,15H2,1-4H3,(H2,14,17). The van der Waals surface area contributed by atoms with Crippen LogP contribution in [0.4, 0.5) is 0 Å². The van der Waals surface area contributed by atoms with E-state index >= 15 is 0 Å². The van der Waals surface area contributed by atoms with Gasteiger partial charge in [-0.3, -0.25) is 9.69 Å². The van der Waals surface area contributed by atoms with Crippen LogP contribution in [0.5, 0.6) is 0 Å². The normalized spacial score (nSPS) is 21.6. The van der Waals surface area contributed by atoms with E-state index in [0.29, 0.717) is 12.5 Å². The third-order valence-electron chi connectivity index (χ3n) is 3.68. The van der Waals surface area contributed by atoms with Crippen molar-refractivity contribution in [3.63, 3.8) is 0 Å². The molecule has 1 aliphatic rings. The molecule has 17 heavy (non-hydrogen) atoms. The van der Waals surface area contributed by atoms with Crippen LogP contribution in [0.15, 0.2) is 0 Å². The van der Waals surface area contributed by atoms with Gasteiger partial charge in [0.1, 0.15) is 0 Å². The van der Waals surface area contributed by atoms with Gasteiger partial charge in [-0.1, -0.05) is 0 Å². The van der Waals surface area contributed by atoms with Crippen molar-refractivity contribution in [3.8, 4) is 0 Å². The fraction of sp³-hybridized carbons (Fsp3) is 0.923. The second-order valence-corrected chi connectivity index (χ2v) is 6.07. The smallest absolute Gasteiger partial charge is 0.237 e. The maximum Gasteiger partial charge on any atom is 0.237 e. The van der Waals surface area contributed by atoms with Crippen molar-refractivity contribution in [2.75, 3.05) is 6.54 Å². The Labute approximate surface area is 105 Å². The van der Waals surface area contributed by atoms with Gasteiger partial charge >= 0.3 is 0 Å². The number of carbonyl (C=O) groups excluding carboxylic acids is 1. The molecule has 1 rings (SSSR count). The highest BCUT2D eigenvalue weighted by molar-refractivity contribution is 5.83. The second kappa shape index (κ2) is 5.36. The van der Waals surface area contributed by atoms with E-state index in [1.165, 1.54) is 12.8 Å². The maximum absolute atomic E-state index is 11.3. The largest absolute Gasteiger partial charge is 0.368 e. The van der Waals surface area contributed by atoms with Crippen molar-refractivity contribution in [2.45, 2.75) is 64.6 Å². The molecule has 2 unspecified atom stereocenters. The van der Waals surface area contributed by atoms with E-state index < -0.39 is 11.4 Å². The minimum absolute atomic E-state index is 0.290. The first kappa shape index (κ1) is 14.5. The van der Waals surface area contributed by atoms with Crippen molar-refractivity contribution in [2.24, 2.45) is 17.4 Å². The van der Waals surface area contributed by atoms with Crippen LogP contribution in [0.25, 0.3) is 0 Å². The summed E-state index contributed by atoms with van der Waals surface area (Å²) < 4.78 is 0. The van der Waals surface area contributed by atoms with Crippen molar-refractivity contribution in [1.29, 1.82) is 0 Å². The van der Waals surface area contributed by atoms with Gasteiger partial charge in [0.15, 0.2) is 0 Å². The number of nitrogens with two attached hydrogens (primary N) is 2. The molecular weight excluding hydrogens is 214 g/mol. The molecule has 4 heteroatoms. The molecule has 0 saturated heterocycles. The summed E-state index contributed by atoms with van der Waals surface area (Å²) in [5.74, 6) is 0.428. The van der Waals surface area contributed by atoms with Crippen LogP contribution < -0.4 is 11.5 Å². The van der Waals surface area contributed by atoms with Crippen molar-refractivity contribution >= 4 is 5.91 Å². The van der Waals surface area contributed by atoms with Crippen LogP contribution >= 0.6 is 0 Å². The molecule has 0 aliphatic heterocycles. The Morgan fingerprint density at radius 3 is 2.29 bits per heavy atom. The van der Waals surface area contributed by atoms with E-state index in [-0.39, 0.29) is 6.04 Å². The molecule has 100 valence electrons.